The van der Waals surface area contributed by atoms with Gasteiger partial charge < -0.3 is 9.84 Å². The summed E-state index contributed by atoms with van der Waals surface area (Å²) in [6, 6.07) is 3.70. The lowest BCUT2D eigenvalue weighted by atomic mass is 9.96. The molecule has 0 atom stereocenters. The van der Waals surface area contributed by atoms with Crippen molar-refractivity contribution < 1.29 is 18.6 Å². The lowest BCUT2D eigenvalue weighted by Crippen LogP contribution is -2.06. The van der Waals surface area contributed by atoms with Crippen molar-refractivity contribution in [2.24, 2.45) is 0 Å². The molecule has 0 fully saturated rings. The van der Waals surface area contributed by atoms with E-state index < -0.39 is 6.61 Å². The fraction of sp³-hybridized carbons (Fsp3) is 0.143. The van der Waals surface area contributed by atoms with Crippen molar-refractivity contribution in [1.82, 2.24) is 0 Å². The van der Waals surface area contributed by atoms with Gasteiger partial charge >= 0.3 is 6.61 Å². The standard InChI is InChI=1S/C7H5BF2O2/c8-4-1-2-5(11)6(3-4)12-7(9)10/h1-3,7,11H. The van der Waals surface area contributed by atoms with Crippen LogP contribution >= 0.6 is 0 Å². The molecule has 0 heterocycles. The first-order valence-corrected chi connectivity index (χ1v) is 3.13. The summed E-state index contributed by atoms with van der Waals surface area (Å²) in [6.45, 7) is -2.96. The highest BCUT2D eigenvalue weighted by Crippen LogP contribution is 2.24. The fourth-order valence-corrected chi connectivity index (χ4v) is 0.721. The largest absolute Gasteiger partial charge is 0.504 e. The first-order valence-electron chi connectivity index (χ1n) is 3.13. The Bertz CT molecular complexity index is 278. The second-order valence-corrected chi connectivity index (χ2v) is 2.11. The Kier molecular flexibility index (Phi) is 2.52. The molecule has 1 N–H and O–H groups in total. The molecule has 2 radical (unpaired) electrons. The maximum Gasteiger partial charge on any atom is 0.387 e. The van der Waals surface area contributed by atoms with E-state index in [4.69, 9.17) is 13.0 Å². The molecule has 1 rings (SSSR count). The maximum atomic E-state index is 11.7. The van der Waals surface area contributed by atoms with Gasteiger partial charge in [0.1, 0.15) is 7.85 Å². The van der Waals surface area contributed by atoms with Gasteiger partial charge in [0, 0.05) is 0 Å². The van der Waals surface area contributed by atoms with Crippen LogP contribution in [0.15, 0.2) is 18.2 Å². The number of rotatable bonds is 2. The molecule has 12 heavy (non-hydrogen) atoms. The number of alkyl halides is 2. The number of phenolic OH excluding ortho intramolecular Hbond substituents is 1. The Hall–Kier alpha value is -1.26. The summed E-state index contributed by atoms with van der Waals surface area (Å²) in [5, 5.41) is 8.97. The Morgan fingerprint density at radius 1 is 1.42 bits per heavy atom. The van der Waals surface area contributed by atoms with E-state index in [1.165, 1.54) is 12.1 Å². The van der Waals surface area contributed by atoms with Crippen molar-refractivity contribution >= 4 is 13.3 Å². The smallest absolute Gasteiger partial charge is 0.387 e. The van der Waals surface area contributed by atoms with E-state index in [1.807, 2.05) is 0 Å². The number of hydrogen-bond acceptors (Lipinski definition) is 2. The molecule has 62 valence electrons. The summed E-state index contributed by atoms with van der Waals surface area (Å²) in [5.41, 5.74) is 0.253. The number of aromatic hydroxyl groups is 1. The molecule has 0 saturated carbocycles. The highest BCUT2D eigenvalue weighted by atomic mass is 19.3. The molecule has 0 unspecified atom stereocenters. The van der Waals surface area contributed by atoms with Gasteiger partial charge in [-0.1, -0.05) is 11.5 Å². The monoisotopic (exact) mass is 170 g/mol. The van der Waals surface area contributed by atoms with E-state index in [1.54, 1.807) is 0 Å². The van der Waals surface area contributed by atoms with Gasteiger partial charge in [-0.25, -0.2) is 0 Å². The third-order valence-corrected chi connectivity index (χ3v) is 1.20. The highest BCUT2D eigenvalue weighted by molar-refractivity contribution is 6.32. The van der Waals surface area contributed by atoms with Gasteiger partial charge in [-0.2, -0.15) is 8.78 Å². The van der Waals surface area contributed by atoms with Crippen LogP contribution in [0.25, 0.3) is 0 Å². The summed E-state index contributed by atoms with van der Waals surface area (Å²) in [4.78, 5) is 0. The van der Waals surface area contributed by atoms with Gasteiger partial charge in [-0.15, -0.1) is 0 Å². The van der Waals surface area contributed by atoms with E-state index in [0.29, 0.717) is 0 Å². The number of phenols is 1. The van der Waals surface area contributed by atoms with Gasteiger partial charge in [0.25, 0.3) is 0 Å². The van der Waals surface area contributed by atoms with E-state index in [2.05, 4.69) is 4.74 Å². The first kappa shape index (κ1) is 8.84. The third-order valence-electron chi connectivity index (χ3n) is 1.20. The summed E-state index contributed by atoms with van der Waals surface area (Å²) in [7, 11) is 5.27. The maximum absolute atomic E-state index is 11.7. The van der Waals surface area contributed by atoms with Crippen LogP contribution in [0.4, 0.5) is 8.78 Å². The molecule has 0 bridgehead atoms. The normalized spacial score (nSPS) is 10.2. The number of ether oxygens (including phenoxy) is 1. The average Bonchev–Trinajstić information content (AvgIpc) is 1.96. The van der Waals surface area contributed by atoms with Crippen LogP contribution in [0.5, 0.6) is 11.5 Å². The molecule has 0 saturated heterocycles. The zero-order valence-corrected chi connectivity index (χ0v) is 6.00. The number of hydrogen-bond donors (Lipinski definition) is 1. The average molecular weight is 170 g/mol. The van der Waals surface area contributed by atoms with Crippen LogP contribution < -0.4 is 10.2 Å². The second-order valence-electron chi connectivity index (χ2n) is 2.11. The van der Waals surface area contributed by atoms with Crippen LogP contribution in [0, 0.1) is 0 Å². The summed E-state index contributed by atoms with van der Waals surface area (Å²) < 4.78 is 27.3. The third kappa shape index (κ3) is 2.12. The molecular weight excluding hydrogens is 165 g/mol. The Morgan fingerprint density at radius 2 is 2.08 bits per heavy atom. The van der Waals surface area contributed by atoms with Crippen molar-refractivity contribution in [2.75, 3.05) is 0 Å². The van der Waals surface area contributed by atoms with Crippen molar-refractivity contribution in [3.8, 4) is 11.5 Å². The molecule has 5 heteroatoms. The minimum absolute atomic E-state index is 0.253. The van der Waals surface area contributed by atoms with E-state index >= 15 is 0 Å². The molecule has 0 amide bonds. The minimum atomic E-state index is -2.96. The molecule has 1 aromatic carbocycles. The van der Waals surface area contributed by atoms with E-state index in [-0.39, 0.29) is 17.0 Å². The Balaban J connectivity index is 2.90. The van der Waals surface area contributed by atoms with Crippen LogP contribution in [0.3, 0.4) is 0 Å². The number of halogens is 2. The SMILES string of the molecule is [B]c1ccc(O)c(OC(F)F)c1. The summed E-state index contributed by atoms with van der Waals surface area (Å²) in [5.74, 6) is -0.672. The molecule has 0 spiro atoms. The highest BCUT2D eigenvalue weighted by Gasteiger charge is 2.08. The minimum Gasteiger partial charge on any atom is -0.504 e. The topological polar surface area (TPSA) is 29.5 Å². The predicted molar refractivity (Wildman–Crippen MR) is 40.1 cm³/mol. The van der Waals surface area contributed by atoms with Gasteiger partial charge in [0.15, 0.2) is 11.5 Å². The summed E-state index contributed by atoms with van der Waals surface area (Å²) >= 11 is 0. The molecular formula is C7H5BF2O2. The molecule has 0 aliphatic heterocycles. The lowest BCUT2D eigenvalue weighted by Gasteiger charge is -2.06. The van der Waals surface area contributed by atoms with Crippen molar-refractivity contribution in [1.29, 1.82) is 0 Å². The van der Waals surface area contributed by atoms with Gasteiger partial charge in [-0.05, 0) is 12.1 Å². The van der Waals surface area contributed by atoms with Gasteiger partial charge in [0.2, 0.25) is 0 Å². The first-order chi connectivity index (χ1) is 5.59. The Labute approximate surface area is 69.2 Å². The number of benzene rings is 1. The predicted octanol–water partition coefficient (Wildman–Crippen LogP) is 0.787. The zero-order chi connectivity index (χ0) is 9.14. The fourth-order valence-electron chi connectivity index (χ4n) is 0.721. The lowest BCUT2D eigenvalue weighted by molar-refractivity contribution is -0.0511. The molecule has 0 aliphatic rings. The quantitative estimate of drug-likeness (QED) is 0.664. The van der Waals surface area contributed by atoms with Crippen LogP contribution in [-0.2, 0) is 0 Å². The van der Waals surface area contributed by atoms with Crippen LogP contribution in [0.1, 0.15) is 0 Å². The van der Waals surface area contributed by atoms with E-state index in [9.17, 15) is 8.78 Å². The molecule has 2 nitrogen and oxygen atoms in total. The van der Waals surface area contributed by atoms with Crippen LogP contribution in [0.2, 0.25) is 0 Å². The molecule has 0 aliphatic carbocycles. The molecule has 0 aromatic heterocycles. The van der Waals surface area contributed by atoms with Crippen LogP contribution in [-0.4, -0.2) is 19.6 Å². The van der Waals surface area contributed by atoms with Gasteiger partial charge in [0.05, 0.1) is 0 Å². The van der Waals surface area contributed by atoms with Crippen molar-refractivity contribution in [3.05, 3.63) is 18.2 Å². The Morgan fingerprint density at radius 3 is 2.67 bits per heavy atom. The zero-order valence-electron chi connectivity index (χ0n) is 6.00. The van der Waals surface area contributed by atoms with E-state index in [0.717, 1.165) is 6.07 Å². The van der Waals surface area contributed by atoms with Crippen molar-refractivity contribution in [3.63, 3.8) is 0 Å². The summed E-state index contributed by atoms with van der Waals surface area (Å²) in [6.07, 6.45) is 0. The molecule has 1 aromatic rings. The van der Waals surface area contributed by atoms with Crippen molar-refractivity contribution in [2.45, 2.75) is 6.61 Å². The second kappa shape index (κ2) is 3.43. The van der Waals surface area contributed by atoms with Gasteiger partial charge in [-0.3, -0.25) is 0 Å².